The molecule has 1 saturated heterocycles. The van der Waals surface area contributed by atoms with Crippen LogP contribution in [0.15, 0.2) is 109 Å². The zero-order valence-corrected chi connectivity index (χ0v) is 34.6. The largest absolute Gasteiger partial charge is 0.497 e. The van der Waals surface area contributed by atoms with Gasteiger partial charge in [0.1, 0.15) is 5.75 Å². The van der Waals surface area contributed by atoms with Gasteiger partial charge in [0.25, 0.3) is 0 Å². The molecule has 304 valence electrons. The summed E-state index contributed by atoms with van der Waals surface area (Å²) in [4.78, 5) is 9.36. The third-order valence-corrected chi connectivity index (χ3v) is 10.4. The van der Waals surface area contributed by atoms with Crippen molar-refractivity contribution in [2.45, 2.75) is 47.2 Å². The molecule has 3 aliphatic heterocycles. The summed E-state index contributed by atoms with van der Waals surface area (Å²) in [6.07, 6.45) is 0.712. The highest BCUT2D eigenvalue weighted by Gasteiger charge is 2.29. The zero-order chi connectivity index (χ0) is 40.6. The molecule has 5 aromatic carbocycles. The molecule has 3 heterocycles. The van der Waals surface area contributed by atoms with E-state index < -0.39 is 0 Å². The molecular formula is C48H63N5O4. The highest BCUT2D eigenvalue weighted by molar-refractivity contribution is 5.68. The molecule has 57 heavy (non-hydrogen) atoms. The molecule has 0 radical (unpaired) electrons. The van der Waals surface area contributed by atoms with E-state index in [9.17, 15) is 0 Å². The number of aryl methyl sites for hydroxylation is 4. The van der Waals surface area contributed by atoms with E-state index in [1.165, 1.54) is 50.4 Å². The number of rotatable bonds is 9. The highest BCUT2D eigenvalue weighted by Crippen LogP contribution is 2.38. The average molecular weight is 774 g/mol. The van der Waals surface area contributed by atoms with E-state index in [4.69, 9.17) is 20.1 Å². The number of methoxy groups -OCH3 is 1. The van der Waals surface area contributed by atoms with Crippen LogP contribution in [0.5, 0.6) is 5.75 Å². The first kappa shape index (κ1) is 43.1. The van der Waals surface area contributed by atoms with Crippen molar-refractivity contribution in [2.24, 2.45) is 0 Å². The van der Waals surface area contributed by atoms with Crippen molar-refractivity contribution in [3.05, 3.63) is 148 Å². The summed E-state index contributed by atoms with van der Waals surface area (Å²) >= 11 is 0. The number of piperazine rings is 1. The molecule has 0 saturated carbocycles. The molecule has 0 spiro atoms. The molecular weight excluding hydrogens is 711 g/mol. The van der Waals surface area contributed by atoms with E-state index in [1.54, 1.807) is 7.11 Å². The van der Waals surface area contributed by atoms with Crippen molar-refractivity contribution in [3.63, 3.8) is 0 Å². The van der Waals surface area contributed by atoms with Crippen LogP contribution in [-0.4, -0.2) is 88.2 Å². The highest BCUT2D eigenvalue weighted by atomic mass is 16.5. The number of aliphatic hydroxyl groups is 3. The van der Waals surface area contributed by atoms with Crippen molar-refractivity contribution in [1.82, 2.24) is 5.32 Å². The minimum Gasteiger partial charge on any atom is -0.497 e. The summed E-state index contributed by atoms with van der Waals surface area (Å²) < 4.78 is 4.98. The molecule has 0 amide bonds. The molecule has 4 N–H and O–H groups in total. The molecule has 3 aliphatic rings. The number of ether oxygens (including phenoxy) is 1. The van der Waals surface area contributed by atoms with Crippen LogP contribution in [0.1, 0.15) is 38.9 Å². The number of hydrogen-bond acceptors (Lipinski definition) is 9. The van der Waals surface area contributed by atoms with Gasteiger partial charge in [-0.1, -0.05) is 82.9 Å². The average Bonchev–Trinajstić information content (AvgIpc) is 3.23. The first-order valence-electron chi connectivity index (χ1n) is 20.2. The Kier molecular flexibility index (Phi) is 16.6. The molecule has 2 bridgehead atoms. The number of nitrogens with zero attached hydrogens (tertiary/aromatic N) is 4. The minimum atomic E-state index is 0.105. The van der Waals surface area contributed by atoms with Crippen LogP contribution in [0.4, 0.5) is 22.7 Å². The second-order valence-electron chi connectivity index (χ2n) is 15.0. The normalized spacial score (nSPS) is 13.7. The lowest BCUT2D eigenvalue weighted by Gasteiger charge is -2.45. The summed E-state index contributed by atoms with van der Waals surface area (Å²) in [7, 11) is 1.64. The van der Waals surface area contributed by atoms with Gasteiger partial charge in [0.2, 0.25) is 0 Å². The second-order valence-corrected chi connectivity index (χ2v) is 15.0. The smallest absolute Gasteiger partial charge is 0.118 e. The Morgan fingerprint density at radius 2 is 1.07 bits per heavy atom. The Bertz CT molecular complexity index is 1870. The van der Waals surface area contributed by atoms with Crippen molar-refractivity contribution < 1.29 is 20.1 Å². The van der Waals surface area contributed by atoms with Crippen LogP contribution in [-0.2, 0) is 19.5 Å². The maximum Gasteiger partial charge on any atom is 0.118 e. The number of anilines is 4. The maximum atomic E-state index is 8.86. The molecule has 0 aromatic heterocycles. The van der Waals surface area contributed by atoms with E-state index in [1.807, 2.05) is 60.4 Å². The van der Waals surface area contributed by atoms with Crippen LogP contribution >= 0.6 is 0 Å². The molecule has 5 aromatic rings. The van der Waals surface area contributed by atoms with Gasteiger partial charge in [-0.3, -0.25) is 0 Å². The van der Waals surface area contributed by atoms with Gasteiger partial charge in [0.05, 0.1) is 27.0 Å². The van der Waals surface area contributed by atoms with Gasteiger partial charge in [0, 0.05) is 81.7 Å². The Balaban J connectivity index is 0.000000149. The molecule has 0 atom stereocenters. The predicted octanol–water partition coefficient (Wildman–Crippen LogP) is 7.02. The van der Waals surface area contributed by atoms with Gasteiger partial charge in [-0.25, -0.2) is 0 Å². The molecule has 0 unspecified atom stereocenters. The fraction of sp³-hybridized carbons (Fsp3) is 0.375. The number of fused-ring (bicyclic) bond motifs is 6. The summed E-state index contributed by atoms with van der Waals surface area (Å²) in [6.45, 7) is 17.6. The SMILES string of the molecule is COc1ccc(CCO)cc1.Cc1ccc(N(CCO)CCO)cc1.Cc1ccc(N2CCNCC2)cc1.Cc1ccc2c(c1)CN1CN2Cc2cc(C)ccc21. The van der Waals surface area contributed by atoms with Crippen molar-refractivity contribution >= 4 is 22.7 Å². The summed E-state index contributed by atoms with van der Waals surface area (Å²) in [5.41, 5.74) is 14.5. The lowest BCUT2D eigenvalue weighted by Crippen LogP contribution is -2.46. The van der Waals surface area contributed by atoms with E-state index >= 15 is 0 Å². The molecule has 1 fully saturated rings. The lowest BCUT2D eigenvalue weighted by molar-refractivity contribution is 0.281. The van der Waals surface area contributed by atoms with Crippen molar-refractivity contribution in [1.29, 1.82) is 0 Å². The van der Waals surface area contributed by atoms with Crippen molar-refractivity contribution in [3.8, 4) is 5.75 Å². The van der Waals surface area contributed by atoms with Crippen LogP contribution in [0.2, 0.25) is 0 Å². The monoisotopic (exact) mass is 773 g/mol. The van der Waals surface area contributed by atoms with Gasteiger partial charge < -0.3 is 45.0 Å². The van der Waals surface area contributed by atoms with Crippen LogP contribution < -0.4 is 29.7 Å². The summed E-state index contributed by atoms with van der Waals surface area (Å²) in [6, 6.07) is 38.2. The van der Waals surface area contributed by atoms with Gasteiger partial charge in [-0.05, 0) is 99.3 Å². The second kappa shape index (κ2) is 22.0. The quantitative estimate of drug-likeness (QED) is 0.126. The van der Waals surface area contributed by atoms with Gasteiger partial charge in [-0.15, -0.1) is 0 Å². The number of aliphatic hydroxyl groups excluding tert-OH is 3. The summed E-state index contributed by atoms with van der Waals surface area (Å²) in [5, 5.41) is 29.7. The van der Waals surface area contributed by atoms with Crippen LogP contribution in [0, 0.1) is 27.7 Å². The molecule has 8 rings (SSSR count). The fourth-order valence-electron chi connectivity index (χ4n) is 7.31. The van der Waals surface area contributed by atoms with Gasteiger partial charge in [-0.2, -0.15) is 0 Å². The number of nitrogens with one attached hydrogen (secondary N) is 1. The molecule has 9 nitrogen and oxygen atoms in total. The maximum absolute atomic E-state index is 8.86. The Labute approximate surface area is 340 Å². The first-order chi connectivity index (χ1) is 27.7. The topological polar surface area (TPSA) is 94.9 Å². The summed E-state index contributed by atoms with van der Waals surface area (Å²) in [5.74, 6) is 0.853. The van der Waals surface area contributed by atoms with E-state index in [-0.39, 0.29) is 19.8 Å². The third-order valence-electron chi connectivity index (χ3n) is 10.4. The molecule has 0 aliphatic carbocycles. The van der Waals surface area contributed by atoms with Gasteiger partial charge in [0.15, 0.2) is 0 Å². The standard InChI is InChI=1S/C17H18N2.C11H16N2.C11H17NO2.C9H12O2/c1-12-3-5-16-14(7-12)9-18-11-19(16)10-15-8-13(2)4-6-17(15)18;1-10-2-4-11(5-3-10)13-8-6-12-7-9-13;1-10-2-4-11(5-3-10)12(6-8-13)7-9-14;1-11-9-4-2-8(3-5-9)6-7-10/h3-8H,9-11H2,1-2H3;2-5,12H,6-9H2,1H3;2-5,13-14H,6-9H2,1H3;2-5,10H,6-7H2,1H3. The first-order valence-corrected chi connectivity index (χ1v) is 20.2. The Morgan fingerprint density at radius 1 is 0.579 bits per heavy atom. The zero-order valence-electron chi connectivity index (χ0n) is 34.6. The van der Waals surface area contributed by atoms with E-state index in [2.05, 4.69) is 101 Å². The van der Waals surface area contributed by atoms with Crippen LogP contribution in [0.3, 0.4) is 0 Å². The Morgan fingerprint density at radius 3 is 1.54 bits per heavy atom. The van der Waals surface area contributed by atoms with Crippen LogP contribution in [0.25, 0.3) is 0 Å². The molecule has 9 heteroatoms. The van der Waals surface area contributed by atoms with E-state index in [0.717, 1.165) is 62.9 Å². The number of benzene rings is 5. The fourth-order valence-corrected chi connectivity index (χ4v) is 7.31. The van der Waals surface area contributed by atoms with E-state index in [0.29, 0.717) is 19.5 Å². The van der Waals surface area contributed by atoms with Gasteiger partial charge >= 0.3 is 0 Å². The number of hydrogen-bond donors (Lipinski definition) is 4. The lowest BCUT2D eigenvalue weighted by atomic mass is 9.99. The predicted molar refractivity (Wildman–Crippen MR) is 237 cm³/mol. The minimum absolute atomic E-state index is 0.105. The third kappa shape index (κ3) is 12.7. The Hall–Kier alpha value is -5.06. The van der Waals surface area contributed by atoms with Crippen molar-refractivity contribution in [2.75, 3.05) is 92.5 Å².